The first-order valence-electron chi connectivity index (χ1n) is 5.82. The van der Waals surface area contributed by atoms with Crippen molar-refractivity contribution in [2.75, 3.05) is 6.61 Å². The molecule has 0 aromatic carbocycles. The second-order valence-corrected chi connectivity index (χ2v) is 5.74. The van der Waals surface area contributed by atoms with E-state index >= 15 is 0 Å². The summed E-state index contributed by atoms with van der Waals surface area (Å²) in [6.07, 6.45) is 0. The van der Waals surface area contributed by atoms with E-state index < -0.39 is 24.6 Å². The van der Waals surface area contributed by atoms with E-state index in [9.17, 15) is 9.59 Å². The van der Waals surface area contributed by atoms with Gasteiger partial charge in [0, 0.05) is 9.75 Å². The van der Waals surface area contributed by atoms with Gasteiger partial charge >= 0.3 is 12.0 Å². The van der Waals surface area contributed by atoms with Gasteiger partial charge in [-0.15, -0.1) is 11.3 Å². The number of carboxylic acids is 1. The van der Waals surface area contributed by atoms with Gasteiger partial charge in [0.05, 0.1) is 12.6 Å². The number of urea groups is 1. The molecule has 2 amide bonds. The lowest BCUT2D eigenvalue weighted by Gasteiger charge is -2.17. The third-order valence-corrected chi connectivity index (χ3v) is 3.66. The predicted octanol–water partition coefficient (Wildman–Crippen LogP) is 1.17. The van der Waals surface area contributed by atoms with Crippen LogP contribution < -0.4 is 10.6 Å². The van der Waals surface area contributed by atoms with Crippen LogP contribution in [0.1, 0.15) is 28.3 Å². The van der Waals surface area contributed by atoms with Crippen LogP contribution in [0.2, 0.25) is 0 Å². The number of hydrogen-bond donors (Lipinski definition) is 4. The minimum Gasteiger partial charge on any atom is -0.480 e. The fourth-order valence-corrected chi connectivity index (χ4v) is 2.76. The fraction of sp³-hybridized carbons (Fsp3) is 0.500. The van der Waals surface area contributed by atoms with E-state index in [1.807, 2.05) is 26.8 Å². The first-order valence-corrected chi connectivity index (χ1v) is 6.64. The summed E-state index contributed by atoms with van der Waals surface area (Å²) in [5.41, 5.74) is 1.01. The third-order valence-electron chi connectivity index (χ3n) is 2.68. The van der Waals surface area contributed by atoms with Crippen LogP contribution in [0.15, 0.2) is 6.07 Å². The topological polar surface area (TPSA) is 98.7 Å². The van der Waals surface area contributed by atoms with Crippen molar-refractivity contribution >= 4 is 23.3 Å². The minimum atomic E-state index is -1.29. The molecule has 6 nitrogen and oxygen atoms in total. The van der Waals surface area contributed by atoms with Gasteiger partial charge in [-0.3, -0.25) is 0 Å². The van der Waals surface area contributed by atoms with Crippen molar-refractivity contribution in [2.24, 2.45) is 0 Å². The summed E-state index contributed by atoms with van der Waals surface area (Å²) in [6.45, 7) is 5.13. The van der Waals surface area contributed by atoms with E-state index in [0.29, 0.717) is 0 Å². The van der Waals surface area contributed by atoms with Crippen LogP contribution in [0.5, 0.6) is 0 Å². The molecule has 0 radical (unpaired) electrons. The molecule has 0 bridgehead atoms. The number of carboxylic acid groups (broad SMARTS) is 1. The summed E-state index contributed by atoms with van der Waals surface area (Å²) in [4.78, 5) is 24.6. The van der Waals surface area contributed by atoms with Gasteiger partial charge in [0.15, 0.2) is 6.04 Å². The number of thiophene rings is 1. The number of carbonyl (C=O) groups is 2. The second-order valence-electron chi connectivity index (χ2n) is 4.28. The molecule has 0 aliphatic rings. The van der Waals surface area contributed by atoms with Gasteiger partial charge in [-0.05, 0) is 32.4 Å². The minimum absolute atomic E-state index is 0.224. The van der Waals surface area contributed by atoms with Crippen LogP contribution in [0.25, 0.3) is 0 Å². The lowest BCUT2D eigenvalue weighted by atomic mass is 10.1. The van der Waals surface area contributed by atoms with Gasteiger partial charge in [0.1, 0.15) is 0 Å². The average molecular weight is 286 g/mol. The monoisotopic (exact) mass is 286 g/mol. The maximum atomic E-state index is 11.6. The molecule has 0 aliphatic heterocycles. The van der Waals surface area contributed by atoms with Crippen LogP contribution in [-0.2, 0) is 4.79 Å². The van der Waals surface area contributed by atoms with Crippen LogP contribution in [-0.4, -0.2) is 34.9 Å². The van der Waals surface area contributed by atoms with E-state index in [1.54, 1.807) is 11.3 Å². The summed E-state index contributed by atoms with van der Waals surface area (Å²) in [6, 6.07) is -0.140. The van der Waals surface area contributed by atoms with E-state index in [2.05, 4.69) is 10.6 Å². The Morgan fingerprint density at radius 3 is 2.42 bits per heavy atom. The Morgan fingerprint density at radius 2 is 2.00 bits per heavy atom. The van der Waals surface area contributed by atoms with E-state index in [-0.39, 0.29) is 6.04 Å². The largest absolute Gasteiger partial charge is 0.480 e. The van der Waals surface area contributed by atoms with Crippen molar-refractivity contribution in [2.45, 2.75) is 32.9 Å². The van der Waals surface area contributed by atoms with Crippen LogP contribution in [0.3, 0.4) is 0 Å². The molecule has 1 unspecified atom stereocenters. The van der Waals surface area contributed by atoms with Gasteiger partial charge in [-0.25, -0.2) is 9.59 Å². The van der Waals surface area contributed by atoms with E-state index in [4.69, 9.17) is 10.2 Å². The number of hydrogen-bond acceptors (Lipinski definition) is 4. The molecule has 1 rings (SSSR count). The predicted molar refractivity (Wildman–Crippen MR) is 72.4 cm³/mol. The number of carbonyl (C=O) groups excluding carboxylic acids is 1. The van der Waals surface area contributed by atoms with Gasteiger partial charge in [0.2, 0.25) is 0 Å². The molecule has 1 aromatic rings. The SMILES string of the molecule is Cc1cc(C(C)NC(=O)N[C@@H](CO)C(=O)O)c(C)s1. The zero-order chi connectivity index (χ0) is 14.6. The molecule has 106 valence electrons. The van der Waals surface area contributed by atoms with E-state index in [1.165, 1.54) is 0 Å². The van der Waals surface area contributed by atoms with Crippen LogP contribution >= 0.6 is 11.3 Å². The van der Waals surface area contributed by atoms with Crippen molar-refractivity contribution in [1.29, 1.82) is 0 Å². The highest BCUT2D eigenvalue weighted by Gasteiger charge is 2.20. The normalized spacial score (nSPS) is 13.7. The Labute approximate surface area is 115 Å². The number of amides is 2. The van der Waals surface area contributed by atoms with Crippen molar-refractivity contribution in [3.8, 4) is 0 Å². The number of aliphatic carboxylic acids is 1. The van der Waals surface area contributed by atoms with Gasteiger partial charge in [0.25, 0.3) is 0 Å². The Bertz CT molecular complexity index is 472. The van der Waals surface area contributed by atoms with Crippen molar-refractivity contribution in [1.82, 2.24) is 10.6 Å². The number of rotatable bonds is 5. The highest BCUT2D eigenvalue weighted by atomic mass is 32.1. The molecular formula is C12H18N2O4S. The molecule has 0 spiro atoms. The maximum absolute atomic E-state index is 11.6. The van der Waals surface area contributed by atoms with Crippen LogP contribution in [0, 0.1) is 13.8 Å². The highest BCUT2D eigenvalue weighted by molar-refractivity contribution is 7.12. The highest BCUT2D eigenvalue weighted by Crippen LogP contribution is 2.25. The van der Waals surface area contributed by atoms with Gasteiger partial charge in [-0.2, -0.15) is 0 Å². The summed E-state index contributed by atoms with van der Waals surface area (Å²) in [7, 11) is 0. The van der Waals surface area contributed by atoms with Crippen LogP contribution in [0.4, 0.5) is 4.79 Å². The first-order chi connectivity index (χ1) is 8.85. The van der Waals surface area contributed by atoms with Crippen molar-refractivity contribution < 1.29 is 19.8 Å². The molecule has 1 heterocycles. The molecule has 0 aliphatic carbocycles. The van der Waals surface area contributed by atoms with Gasteiger partial charge < -0.3 is 20.8 Å². The summed E-state index contributed by atoms with van der Waals surface area (Å²) in [5.74, 6) is -1.27. The Kier molecular flexibility index (Phi) is 5.31. The third kappa shape index (κ3) is 4.22. The molecule has 0 saturated carbocycles. The van der Waals surface area contributed by atoms with E-state index in [0.717, 1.165) is 15.3 Å². The standard InChI is InChI=1S/C12H18N2O4S/c1-6-4-9(8(3)19-6)7(2)13-12(18)14-10(5-15)11(16)17/h4,7,10,15H,5H2,1-3H3,(H,16,17)(H2,13,14,18)/t7?,10-/m0/s1. The second kappa shape index (κ2) is 6.53. The van der Waals surface area contributed by atoms with Gasteiger partial charge in [-0.1, -0.05) is 0 Å². The summed E-state index contributed by atoms with van der Waals surface area (Å²) in [5, 5.41) is 22.4. The molecule has 0 fully saturated rings. The molecule has 0 saturated heterocycles. The molecule has 7 heteroatoms. The van der Waals surface area contributed by atoms with Crippen molar-refractivity contribution in [3.05, 3.63) is 21.4 Å². The Hall–Kier alpha value is -1.60. The lowest BCUT2D eigenvalue weighted by Crippen LogP contribution is -2.48. The summed E-state index contributed by atoms with van der Waals surface area (Å²) < 4.78 is 0. The molecule has 2 atom stereocenters. The molecule has 1 aromatic heterocycles. The number of aliphatic hydroxyl groups excluding tert-OH is 1. The quantitative estimate of drug-likeness (QED) is 0.653. The maximum Gasteiger partial charge on any atom is 0.328 e. The average Bonchev–Trinajstić information content (AvgIpc) is 2.65. The molecule has 19 heavy (non-hydrogen) atoms. The van der Waals surface area contributed by atoms with Crippen molar-refractivity contribution in [3.63, 3.8) is 0 Å². The first kappa shape index (κ1) is 15.5. The molecule has 4 N–H and O–H groups in total. The summed E-state index contributed by atoms with van der Waals surface area (Å²) >= 11 is 1.64. The zero-order valence-electron chi connectivity index (χ0n) is 11.1. The number of aryl methyl sites for hydroxylation is 2. The number of aliphatic hydroxyl groups is 1. The lowest BCUT2D eigenvalue weighted by molar-refractivity contribution is -0.140. The Balaban J connectivity index is 2.62. The Morgan fingerprint density at radius 1 is 1.37 bits per heavy atom. The molecular weight excluding hydrogens is 268 g/mol. The zero-order valence-corrected chi connectivity index (χ0v) is 11.9. The fourth-order valence-electron chi connectivity index (χ4n) is 1.74. The number of nitrogens with one attached hydrogen (secondary N) is 2. The smallest absolute Gasteiger partial charge is 0.328 e.